The number of carbonyl (C=O) groups excluding carboxylic acids is 1. The predicted octanol–water partition coefficient (Wildman–Crippen LogP) is 4.19. The molecule has 130 valence electrons. The summed E-state index contributed by atoms with van der Waals surface area (Å²) in [5, 5.41) is 3.06. The van der Waals surface area contributed by atoms with Crippen LogP contribution in [-0.4, -0.2) is 20.5 Å². The van der Waals surface area contributed by atoms with Crippen LogP contribution in [0.5, 0.6) is 0 Å². The summed E-state index contributed by atoms with van der Waals surface area (Å²) < 4.78 is 28.1. The van der Waals surface area contributed by atoms with Gasteiger partial charge in [0.2, 0.25) is 0 Å². The summed E-state index contributed by atoms with van der Waals surface area (Å²) in [4.78, 5) is 16.6. The van der Waals surface area contributed by atoms with Gasteiger partial charge in [-0.3, -0.25) is 4.79 Å². The third kappa shape index (κ3) is 3.46. The maximum absolute atomic E-state index is 13.6. The van der Waals surface area contributed by atoms with Gasteiger partial charge in [0.15, 0.2) is 11.3 Å². The lowest BCUT2D eigenvalue weighted by Gasteiger charge is -2.10. The molecule has 0 aliphatic carbocycles. The number of hydrogen-bond acceptors (Lipinski definition) is 3. The number of alkyl halides is 3. The van der Waals surface area contributed by atoms with E-state index in [1.54, 1.807) is 6.92 Å². The van der Waals surface area contributed by atoms with Crippen molar-refractivity contribution in [2.24, 2.45) is 0 Å². The van der Waals surface area contributed by atoms with Crippen molar-refractivity contribution in [1.82, 2.24) is 14.6 Å². The molecule has 0 unspecified atom stereocenters. The number of benzene rings is 1. The fraction of sp³-hybridized carbons (Fsp3) is 0.235. The number of fused-ring (bicyclic) bond motifs is 1. The van der Waals surface area contributed by atoms with E-state index in [9.17, 15) is 13.6 Å². The number of amides is 1. The Labute approximate surface area is 147 Å². The van der Waals surface area contributed by atoms with E-state index >= 15 is 0 Å². The van der Waals surface area contributed by atoms with Gasteiger partial charge in [0.05, 0.1) is 0 Å². The minimum Gasteiger partial charge on any atom is -0.320 e. The molecule has 2 aromatic heterocycles. The highest BCUT2D eigenvalue weighted by molar-refractivity contribution is 6.21. The largest absolute Gasteiger partial charge is 0.364 e. The number of nitrogens with one attached hydrogen (secondary N) is 1. The molecule has 0 bridgehead atoms. The van der Waals surface area contributed by atoms with Gasteiger partial charge in [-0.1, -0.05) is 12.1 Å². The van der Waals surface area contributed by atoms with Crippen LogP contribution in [0.2, 0.25) is 0 Å². The molecule has 1 N–H and O–H groups in total. The first-order valence-corrected chi connectivity index (χ1v) is 7.86. The van der Waals surface area contributed by atoms with E-state index in [2.05, 4.69) is 15.4 Å². The summed E-state index contributed by atoms with van der Waals surface area (Å²) in [5.74, 6) is -0.513. The first kappa shape index (κ1) is 17.3. The average molecular weight is 365 g/mol. The number of carbonyl (C=O) groups is 1. The van der Waals surface area contributed by atoms with Crippen molar-refractivity contribution in [3.05, 3.63) is 58.5 Å². The van der Waals surface area contributed by atoms with Gasteiger partial charge in [-0.15, -0.1) is 0 Å². The minimum absolute atomic E-state index is 0.0267. The summed E-state index contributed by atoms with van der Waals surface area (Å²) in [6.07, 6.45) is 0. The van der Waals surface area contributed by atoms with Crippen LogP contribution < -0.4 is 5.32 Å². The van der Waals surface area contributed by atoms with E-state index in [1.165, 1.54) is 6.07 Å². The molecule has 3 rings (SSSR count). The average Bonchev–Trinajstić information content (AvgIpc) is 2.92. The fourth-order valence-corrected chi connectivity index (χ4v) is 2.60. The second-order valence-corrected chi connectivity index (χ2v) is 6.33. The third-order valence-corrected chi connectivity index (χ3v) is 3.91. The Morgan fingerprint density at radius 2 is 1.92 bits per heavy atom. The zero-order chi connectivity index (χ0) is 18.4. The van der Waals surface area contributed by atoms with Gasteiger partial charge in [0, 0.05) is 17.4 Å². The SMILES string of the molecule is Cc1ccc(C)c(NC(=O)c2cc3nc(C)cc(C(F)(F)Cl)n3n2)c1. The van der Waals surface area contributed by atoms with Crippen molar-refractivity contribution in [2.75, 3.05) is 5.32 Å². The van der Waals surface area contributed by atoms with Crippen LogP contribution in [0.1, 0.15) is 33.0 Å². The topological polar surface area (TPSA) is 59.3 Å². The Morgan fingerprint density at radius 3 is 2.60 bits per heavy atom. The molecule has 0 atom stereocenters. The summed E-state index contributed by atoms with van der Waals surface area (Å²) in [5.41, 5.74) is 2.41. The van der Waals surface area contributed by atoms with Crippen LogP contribution in [-0.2, 0) is 5.38 Å². The lowest BCUT2D eigenvalue weighted by atomic mass is 10.1. The molecule has 0 saturated heterocycles. The highest BCUT2D eigenvalue weighted by Gasteiger charge is 2.32. The lowest BCUT2D eigenvalue weighted by molar-refractivity contribution is 0.0868. The Balaban J connectivity index is 2.02. The molecule has 1 aromatic carbocycles. The summed E-state index contributed by atoms with van der Waals surface area (Å²) >= 11 is 5.14. The second-order valence-electron chi connectivity index (χ2n) is 5.85. The number of hydrogen-bond donors (Lipinski definition) is 1. The molecule has 0 aliphatic rings. The fourth-order valence-electron chi connectivity index (χ4n) is 2.47. The van der Waals surface area contributed by atoms with Crippen molar-refractivity contribution in [3.63, 3.8) is 0 Å². The van der Waals surface area contributed by atoms with Crippen LogP contribution in [0.3, 0.4) is 0 Å². The van der Waals surface area contributed by atoms with Crippen LogP contribution in [0.4, 0.5) is 14.5 Å². The van der Waals surface area contributed by atoms with Crippen molar-refractivity contribution >= 4 is 28.8 Å². The van der Waals surface area contributed by atoms with E-state index in [1.807, 2.05) is 32.0 Å². The first-order chi connectivity index (χ1) is 11.6. The number of halogens is 3. The maximum atomic E-state index is 13.6. The second kappa shape index (κ2) is 6.07. The van der Waals surface area contributed by atoms with Gasteiger partial charge in [0.1, 0.15) is 5.69 Å². The van der Waals surface area contributed by atoms with Crippen LogP contribution in [0, 0.1) is 20.8 Å². The highest BCUT2D eigenvalue weighted by Crippen LogP contribution is 2.32. The summed E-state index contributed by atoms with van der Waals surface area (Å²) in [6, 6.07) is 8.12. The molecule has 3 aromatic rings. The third-order valence-electron chi connectivity index (χ3n) is 3.72. The van der Waals surface area contributed by atoms with Gasteiger partial charge in [-0.25, -0.2) is 9.50 Å². The molecule has 5 nitrogen and oxygen atoms in total. The van der Waals surface area contributed by atoms with Gasteiger partial charge in [0.25, 0.3) is 5.91 Å². The Hall–Kier alpha value is -2.54. The molecule has 25 heavy (non-hydrogen) atoms. The molecule has 2 heterocycles. The zero-order valence-electron chi connectivity index (χ0n) is 13.8. The molecule has 0 fully saturated rings. The highest BCUT2D eigenvalue weighted by atomic mass is 35.5. The first-order valence-electron chi connectivity index (χ1n) is 7.48. The summed E-state index contributed by atoms with van der Waals surface area (Å²) in [7, 11) is 0. The number of aryl methyl sites for hydroxylation is 3. The minimum atomic E-state index is -3.63. The molecule has 1 amide bonds. The summed E-state index contributed by atoms with van der Waals surface area (Å²) in [6.45, 7) is 5.33. The Kier molecular flexibility index (Phi) is 4.20. The number of nitrogens with zero attached hydrogens (tertiary/aromatic N) is 3. The van der Waals surface area contributed by atoms with Crippen molar-refractivity contribution in [3.8, 4) is 0 Å². The van der Waals surface area contributed by atoms with E-state index in [4.69, 9.17) is 11.6 Å². The van der Waals surface area contributed by atoms with Gasteiger partial charge in [-0.2, -0.15) is 13.9 Å². The molecule has 0 aliphatic heterocycles. The molecular formula is C17H15ClF2N4O. The Bertz CT molecular complexity index is 979. The standard InChI is InChI=1S/C17H15ClF2N4O/c1-9-4-5-10(2)12(6-9)22-16(25)13-8-15-21-11(3)7-14(17(18,19)20)24(15)23-13/h4-8H,1-3H3,(H,22,25). The lowest BCUT2D eigenvalue weighted by Crippen LogP contribution is -2.15. The Morgan fingerprint density at radius 1 is 1.20 bits per heavy atom. The number of anilines is 1. The predicted molar refractivity (Wildman–Crippen MR) is 91.3 cm³/mol. The molecule has 0 saturated carbocycles. The van der Waals surface area contributed by atoms with Crippen molar-refractivity contribution in [2.45, 2.75) is 26.2 Å². The van der Waals surface area contributed by atoms with Crippen LogP contribution >= 0.6 is 11.6 Å². The van der Waals surface area contributed by atoms with Crippen molar-refractivity contribution in [1.29, 1.82) is 0 Å². The number of aromatic nitrogens is 3. The quantitative estimate of drug-likeness (QED) is 0.709. The van der Waals surface area contributed by atoms with Crippen LogP contribution in [0.25, 0.3) is 5.65 Å². The normalized spacial score (nSPS) is 11.8. The van der Waals surface area contributed by atoms with Gasteiger partial charge >= 0.3 is 5.38 Å². The smallest absolute Gasteiger partial charge is 0.320 e. The van der Waals surface area contributed by atoms with Gasteiger partial charge in [-0.05, 0) is 55.6 Å². The maximum Gasteiger partial charge on any atom is 0.364 e. The monoisotopic (exact) mass is 364 g/mol. The zero-order valence-corrected chi connectivity index (χ0v) is 14.5. The van der Waals surface area contributed by atoms with Gasteiger partial charge < -0.3 is 5.32 Å². The van der Waals surface area contributed by atoms with Crippen molar-refractivity contribution < 1.29 is 13.6 Å². The molecule has 0 spiro atoms. The van der Waals surface area contributed by atoms with E-state index in [0.717, 1.165) is 21.7 Å². The van der Waals surface area contributed by atoms with E-state index in [-0.39, 0.29) is 11.3 Å². The van der Waals surface area contributed by atoms with E-state index < -0.39 is 17.0 Å². The molecular weight excluding hydrogens is 350 g/mol. The molecule has 8 heteroatoms. The van der Waals surface area contributed by atoms with Crippen LogP contribution in [0.15, 0.2) is 30.3 Å². The number of rotatable bonds is 3. The van der Waals surface area contributed by atoms with E-state index in [0.29, 0.717) is 11.4 Å². The molecule has 0 radical (unpaired) electrons.